The molecule has 190 valence electrons. The van der Waals surface area contributed by atoms with E-state index in [0.717, 1.165) is 56.6 Å². The highest BCUT2D eigenvalue weighted by Gasteiger charge is 2.37. The highest BCUT2D eigenvalue weighted by atomic mass is 31.1. The smallest absolute Gasteiger partial charge is 0.433 e. The molecule has 4 nitrogen and oxygen atoms in total. The summed E-state index contributed by atoms with van der Waals surface area (Å²) in [4.78, 5) is 12.7. The number of hydrogen-bond donors (Lipinski definition) is 1. The van der Waals surface area contributed by atoms with Gasteiger partial charge in [0.15, 0.2) is 0 Å². The van der Waals surface area contributed by atoms with Crippen molar-refractivity contribution in [1.29, 1.82) is 0 Å². The molecular formula is C26H37F3NO3P. The molecular weight excluding hydrogens is 462 g/mol. The van der Waals surface area contributed by atoms with Gasteiger partial charge in [0, 0.05) is 8.15 Å². The van der Waals surface area contributed by atoms with Gasteiger partial charge in [-0.15, -0.1) is 0 Å². The van der Waals surface area contributed by atoms with E-state index in [1.54, 1.807) is 7.11 Å². The van der Waals surface area contributed by atoms with Gasteiger partial charge in [0.25, 0.3) is 0 Å². The zero-order valence-corrected chi connectivity index (χ0v) is 21.3. The molecule has 0 saturated heterocycles. The molecule has 0 radical (unpaired) electrons. The van der Waals surface area contributed by atoms with Crippen LogP contribution in [0.25, 0.3) is 0 Å². The maximum atomic E-state index is 12.9. The standard InChI is InChI=1S/C13H16F3NO.C10H15O2P.C3H6/c1-18-10-7-11(9-5-3-2-4-6-9)12(17-8-10)13(14,15)16;1-12-10-5-3-4-9(8-10)6-7-13(2)11;1-2-3-1/h7-9H,2-6H2,1H3;3-5,8,11H,6-7H2,1-2H3;1-3H2. The van der Waals surface area contributed by atoms with Crippen molar-refractivity contribution in [2.75, 3.05) is 27.0 Å². The fraction of sp³-hybridized carbons (Fsp3) is 0.577. The highest BCUT2D eigenvalue weighted by Crippen LogP contribution is 2.40. The molecule has 0 amide bonds. The van der Waals surface area contributed by atoms with Crippen molar-refractivity contribution in [3.05, 3.63) is 53.3 Å². The number of halogens is 3. The van der Waals surface area contributed by atoms with Crippen LogP contribution in [0.3, 0.4) is 0 Å². The number of aromatic nitrogens is 1. The van der Waals surface area contributed by atoms with Crippen LogP contribution < -0.4 is 9.47 Å². The Labute approximate surface area is 202 Å². The van der Waals surface area contributed by atoms with Crippen molar-refractivity contribution in [2.24, 2.45) is 0 Å². The monoisotopic (exact) mass is 499 g/mol. The molecule has 0 aliphatic heterocycles. The van der Waals surface area contributed by atoms with E-state index in [9.17, 15) is 18.1 Å². The largest absolute Gasteiger partial charge is 0.497 e. The van der Waals surface area contributed by atoms with Crippen LogP contribution in [-0.2, 0) is 12.6 Å². The first kappa shape index (κ1) is 28.4. The lowest BCUT2D eigenvalue weighted by Gasteiger charge is -2.24. The summed E-state index contributed by atoms with van der Waals surface area (Å²) < 4.78 is 48.9. The molecule has 1 atom stereocenters. The highest BCUT2D eigenvalue weighted by molar-refractivity contribution is 7.50. The lowest BCUT2D eigenvalue weighted by atomic mass is 9.83. The van der Waals surface area contributed by atoms with Crippen LogP contribution in [0.1, 0.15) is 74.1 Å². The van der Waals surface area contributed by atoms with Gasteiger partial charge in [0.2, 0.25) is 0 Å². The summed E-state index contributed by atoms with van der Waals surface area (Å²) in [7, 11) is 2.33. The van der Waals surface area contributed by atoms with Crippen LogP contribution in [0, 0.1) is 0 Å². The fourth-order valence-electron chi connectivity index (χ4n) is 3.65. The molecule has 0 bridgehead atoms. The van der Waals surface area contributed by atoms with Crippen LogP contribution in [0.4, 0.5) is 13.2 Å². The molecule has 2 aliphatic rings. The predicted molar refractivity (Wildman–Crippen MR) is 132 cm³/mol. The van der Waals surface area contributed by atoms with E-state index in [0.29, 0.717) is 11.3 Å². The van der Waals surface area contributed by atoms with Crippen LogP contribution >= 0.6 is 8.15 Å². The first-order chi connectivity index (χ1) is 16.2. The number of hydrogen-bond acceptors (Lipinski definition) is 4. The van der Waals surface area contributed by atoms with Gasteiger partial charge >= 0.3 is 6.18 Å². The van der Waals surface area contributed by atoms with Crippen molar-refractivity contribution in [3.63, 3.8) is 0 Å². The number of pyridine rings is 1. The number of alkyl halides is 3. The minimum atomic E-state index is -4.39. The molecule has 34 heavy (non-hydrogen) atoms. The van der Waals surface area contributed by atoms with Crippen molar-refractivity contribution < 1.29 is 27.5 Å². The topological polar surface area (TPSA) is 51.6 Å². The van der Waals surface area contributed by atoms with Crippen molar-refractivity contribution >= 4 is 8.15 Å². The van der Waals surface area contributed by atoms with Crippen molar-refractivity contribution in [3.8, 4) is 11.5 Å². The summed E-state index contributed by atoms with van der Waals surface area (Å²) in [6, 6.07) is 9.46. The third-order valence-electron chi connectivity index (χ3n) is 5.65. The average Bonchev–Trinajstić information content (AvgIpc) is 3.72. The lowest BCUT2D eigenvalue weighted by molar-refractivity contribution is -0.142. The Morgan fingerprint density at radius 1 is 0.971 bits per heavy atom. The molecule has 2 saturated carbocycles. The Kier molecular flexibility index (Phi) is 12.1. The maximum Gasteiger partial charge on any atom is 0.433 e. The van der Waals surface area contributed by atoms with Crippen LogP contribution in [-0.4, -0.2) is 36.9 Å². The van der Waals surface area contributed by atoms with Crippen LogP contribution in [0.15, 0.2) is 36.5 Å². The Morgan fingerprint density at radius 3 is 2.12 bits per heavy atom. The first-order valence-electron chi connectivity index (χ1n) is 11.9. The summed E-state index contributed by atoms with van der Waals surface area (Å²) in [5.74, 6) is 1.23. The summed E-state index contributed by atoms with van der Waals surface area (Å²) in [5.41, 5.74) is 0.763. The van der Waals surface area contributed by atoms with Gasteiger partial charge in [-0.2, -0.15) is 13.2 Å². The lowest BCUT2D eigenvalue weighted by Crippen LogP contribution is -2.16. The molecule has 1 aromatic carbocycles. The molecule has 0 spiro atoms. The molecule has 1 heterocycles. The molecule has 2 aliphatic carbocycles. The predicted octanol–water partition coefficient (Wildman–Crippen LogP) is 7.58. The number of rotatable bonds is 6. The van der Waals surface area contributed by atoms with Gasteiger partial charge in [0.05, 0.1) is 20.4 Å². The Bertz CT molecular complexity index is 851. The molecule has 1 unspecified atom stereocenters. The molecule has 1 N–H and O–H groups in total. The van der Waals surface area contributed by atoms with Gasteiger partial charge in [-0.25, -0.2) is 4.98 Å². The number of methoxy groups -OCH3 is 2. The van der Waals surface area contributed by atoms with Crippen LogP contribution in [0.5, 0.6) is 11.5 Å². The van der Waals surface area contributed by atoms with E-state index in [1.807, 2.05) is 24.9 Å². The SMILES string of the molecule is C1CC1.COc1cccc(CCP(C)O)c1.COc1cnc(C(F)(F)F)c(C2CCCCC2)c1. The van der Waals surface area contributed by atoms with E-state index in [-0.39, 0.29) is 5.92 Å². The maximum absolute atomic E-state index is 12.9. The van der Waals surface area contributed by atoms with Crippen molar-refractivity contribution in [2.45, 2.75) is 69.9 Å². The van der Waals surface area contributed by atoms with Gasteiger partial charge in [-0.3, -0.25) is 0 Å². The minimum absolute atomic E-state index is 0.0435. The Hall–Kier alpha value is -1.85. The minimum Gasteiger partial charge on any atom is -0.497 e. The number of ether oxygens (including phenoxy) is 2. The van der Waals surface area contributed by atoms with Gasteiger partial charge in [-0.1, -0.05) is 50.7 Å². The molecule has 2 fully saturated rings. The van der Waals surface area contributed by atoms with Gasteiger partial charge in [-0.05, 0) is 67.3 Å². The first-order valence-corrected chi connectivity index (χ1v) is 13.8. The molecule has 4 rings (SSSR count). The third kappa shape index (κ3) is 10.6. The summed E-state index contributed by atoms with van der Waals surface area (Å²) >= 11 is 0. The molecule has 1 aromatic heterocycles. The zero-order valence-electron chi connectivity index (χ0n) is 20.4. The summed E-state index contributed by atoms with van der Waals surface area (Å²) in [5, 5.41) is 0. The average molecular weight is 500 g/mol. The Balaban J connectivity index is 0.000000222. The van der Waals surface area contributed by atoms with E-state index >= 15 is 0 Å². The van der Waals surface area contributed by atoms with E-state index in [2.05, 4.69) is 11.1 Å². The van der Waals surface area contributed by atoms with E-state index in [4.69, 9.17) is 9.47 Å². The fourth-order valence-corrected chi connectivity index (χ4v) is 4.24. The second kappa shape index (κ2) is 14.5. The third-order valence-corrected chi connectivity index (χ3v) is 6.52. The molecule has 8 heteroatoms. The molecule has 2 aromatic rings. The van der Waals surface area contributed by atoms with E-state index in [1.165, 1.54) is 38.0 Å². The second-order valence-corrected chi connectivity index (χ2v) is 10.5. The number of benzene rings is 1. The van der Waals surface area contributed by atoms with Gasteiger partial charge in [0.1, 0.15) is 17.2 Å². The summed E-state index contributed by atoms with van der Waals surface area (Å²) in [6.07, 6.45) is 7.72. The zero-order chi connectivity index (χ0) is 25.0. The van der Waals surface area contributed by atoms with Crippen molar-refractivity contribution in [1.82, 2.24) is 4.98 Å². The number of nitrogens with zero attached hydrogens (tertiary/aromatic N) is 1. The normalized spacial score (nSPS) is 16.3. The van der Waals surface area contributed by atoms with Gasteiger partial charge < -0.3 is 14.4 Å². The summed E-state index contributed by atoms with van der Waals surface area (Å²) in [6.45, 7) is 1.87. The quantitative estimate of drug-likeness (QED) is 0.416. The number of aryl methyl sites for hydroxylation is 1. The van der Waals surface area contributed by atoms with E-state index < -0.39 is 20.0 Å². The Morgan fingerprint density at radius 2 is 1.59 bits per heavy atom. The second-order valence-electron chi connectivity index (χ2n) is 8.69. The van der Waals surface area contributed by atoms with Crippen LogP contribution in [0.2, 0.25) is 0 Å².